The third kappa shape index (κ3) is 3.71. The maximum atomic E-state index is 11.1. The highest BCUT2D eigenvalue weighted by atomic mass is 16.5. The number of hydrogen-bond donors (Lipinski definition) is 2. The number of H-pyrrole nitrogens is 1. The highest BCUT2D eigenvalue weighted by Crippen LogP contribution is 1.88. The summed E-state index contributed by atoms with van der Waals surface area (Å²) in [5.74, 6) is 0.726. The summed E-state index contributed by atoms with van der Waals surface area (Å²) in [6.45, 7) is 0.888. The zero-order chi connectivity index (χ0) is 9.52. The van der Waals surface area contributed by atoms with Gasteiger partial charge in [0, 0.05) is 25.9 Å². The van der Waals surface area contributed by atoms with E-state index in [9.17, 15) is 4.79 Å². The predicted octanol–water partition coefficient (Wildman–Crippen LogP) is 0.0624. The second-order valence-corrected chi connectivity index (χ2v) is 2.56. The third-order valence-electron chi connectivity index (χ3n) is 1.54. The van der Waals surface area contributed by atoms with Gasteiger partial charge in [-0.1, -0.05) is 0 Å². The first-order valence-electron chi connectivity index (χ1n) is 4.07. The molecule has 0 radical (unpaired) electrons. The van der Waals surface area contributed by atoms with Gasteiger partial charge in [0.25, 0.3) is 0 Å². The van der Waals surface area contributed by atoms with E-state index in [0.717, 1.165) is 5.82 Å². The number of amides is 1. The zero-order valence-electron chi connectivity index (χ0n) is 7.54. The lowest BCUT2D eigenvalue weighted by molar-refractivity contribution is -0.122. The monoisotopic (exact) mass is 183 g/mol. The second kappa shape index (κ2) is 5.31. The van der Waals surface area contributed by atoms with Crippen LogP contribution in [0.15, 0.2) is 12.4 Å². The molecule has 0 aliphatic heterocycles. The minimum atomic E-state index is -0.0294. The number of carbonyl (C=O) groups excluding carboxylic acids is 1. The molecule has 1 aromatic heterocycles. The Bertz CT molecular complexity index is 246. The summed E-state index contributed by atoms with van der Waals surface area (Å²) >= 11 is 0. The van der Waals surface area contributed by atoms with E-state index in [2.05, 4.69) is 15.3 Å². The number of hydrogen-bond acceptors (Lipinski definition) is 3. The summed E-state index contributed by atoms with van der Waals surface area (Å²) < 4.78 is 4.77. The third-order valence-corrected chi connectivity index (χ3v) is 1.54. The van der Waals surface area contributed by atoms with Gasteiger partial charge in [-0.25, -0.2) is 4.98 Å². The number of carbonyl (C=O) groups is 1. The van der Waals surface area contributed by atoms with Crippen molar-refractivity contribution in [2.24, 2.45) is 0 Å². The zero-order valence-corrected chi connectivity index (χ0v) is 7.54. The minimum absolute atomic E-state index is 0.0294. The lowest BCUT2D eigenvalue weighted by Gasteiger charge is -2.01. The van der Waals surface area contributed by atoms with Gasteiger partial charge in [0.2, 0.25) is 5.91 Å². The summed E-state index contributed by atoms with van der Waals surface area (Å²) in [6, 6.07) is 0. The Morgan fingerprint density at radius 1 is 1.77 bits per heavy atom. The van der Waals surface area contributed by atoms with Crippen molar-refractivity contribution in [1.82, 2.24) is 15.3 Å². The van der Waals surface area contributed by atoms with Crippen LogP contribution in [0.25, 0.3) is 0 Å². The number of methoxy groups -OCH3 is 1. The molecule has 0 unspecified atom stereocenters. The first kappa shape index (κ1) is 9.73. The van der Waals surface area contributed by atoms with Crippen LogP contribution in [0.5, 0.6) is 0 Å². The van der Waals surface area contributed by atoms with Gasteiger partial charge in [-0.15, -0.1) is 0 Å². The smallest absolute Gasteiger partial charge is 0.222 e. The number of imidazole rings is 1. The average molecular weight is 183 g/mol. The predicted molar refractivity (Wildman–Crippen MR) is 46.9 cm³/mol. The molecule has 1 heterocycles. The van der Waals surface area contributed by atoms with Gasteiger partial charge in [-0.3, -0.25) is 4.79 Å². The van der Waals surface area contributed by atoms with Crippen LogP contribution in [0.3, 0.4) is 0 Å². The SMILES string of the molecule is COCCC(=O)NCc1ncc[nH]1. The van der Waals surface area contributed by atoms with Crippen molar-refractivity contribution in [1.29, 1.82) is 0 Å². The first-order valence-corrected chi connectivity index (χ1v) is 4.07. The van der Waals surface area contributed by atoms with Gasteiger partial charge in [-0.05, 0) is 0 Å². The molecular weight excluding hydrogens is 170 g/mol. The lowest BCUT2D eigenvalue weighted by atomic mass is 10.4. The second-order valence-electron chi connectivity index (χ2n) is 2.56. The van der Waals surface area contributed by atoms with Crippen molar-refractivity contribution >= 4 is 5.91 Å². The molecule has 5 heteroatoms. The van der Waals surface area contributed by atoms with Crippen LogP contribution in [-0.2, 0) is 16.1 Å². The minimum Gasteiger partial charge on any atom is -0.384 e. The lowest BCUT2D eigenvalue weighted by Crippen LogP contribution is -2.24. The molecule has 0 aliphatic rings. The van der Waals surface area contributed by atoms with E-state index >= 15 is 0 Å². The molecule has 0 spiro atoms. The topological polar surface area (TPSA) is 67.0 Å². The van der Waals surface area contributed by atoms with Crippen LogP contribution in [0, 0.1) is 0 Å². The summed E-state index contributed by atoms with van der Waals surface area (Å²) in [6.07, 6.45) is 3.75. The van der Waals surface area contributed by atoms with Gasteiger partial charge in [0.15, 0.2) is 0 Å². The van der Waals surface area contributed by atoms with E-state index in [4.69, 9.17) is 4.74 Å². The molecule has 0 saturated heterocycles. The van der Waals surface area contributed by atoms with Crippen molar-refractivity contribution in [3.05, 3.63) is 18.2 Å². The van der Waals surface area contributed by atoms with Gasteiger partial charge < -0.3 is 15.0 Å². The maximum Gasteiger partial charge on any atom is 0.222 e. The highest BCUT2D eigenvalue weighted by molar-refractivity contribution is 5.75. The molecule has 0 atom stereocenters. The molecule has 0 aliphatic carbocycles. The Morgan fingerprint density at radius 3 is 3.23 bits per heavy atom. The van der Waals surface area contributed by atoms with E-state index < -0.39 is 0 Å². The molecule has 13 heavy (non-hydrogen) atoms. The van der Waals surface area contributed by atoms with E-state index in [1.165, 1.54) is 0 Å². The summed E-state index contributed by atoms with van der Waals surface area (Å²) in [4.78, 5) is 17.9. The number of aromatic amines is 1. The van der Waals surface area contributed by atoms with E-state index in [0.29, 0.717) is 19.6 Å². The fourth-order valence-electron chi connectivity index (χ4n) is 0.860. The quantitative estimate of drug-likeness (QED) is 0.678. The van der Waals surface area contributed by atoms with E-state index in [-0.39, 0.29) is 5.91 Å². The molecule has 0 fully saturated rings. The molecule has 1 amide bonds. The highest BCUT2D eigenvalue weighted by Gasteiger charge is 2.00. The van der Waals surface area contributed by atoms with Crippen molar-refractivity contribution in [2.45, 2.75) is 13.0 Å². The van der Waals surface area contributed by atoms with Gasteiger partial charge in [0.05, 0.1) is 13.2 Å². The number of rotatable bonds is 5. The van der Waals surface area contributed by atoms with Gasteiger partial charge >= 0.3 is 0 Å². The van der Waals surface area contributed by atoms with Crippen LogP contribution in [0.2, 0.25) is 0 Å². The first-order chi connectivity index (χ1) is 6.33. The Balaban J connectivity index is 2.15. The van der Waals surface area contributed by atoms with Crippen molar-refractivity contribution < 1.29 is 9.53 Å². The van der Waals surface area contributed by atoms with Crippen LogP contribution >= 0.6 is 0 Å². The Kier molecular flexibility index (Phi) is 3.98. The Hall–Kier alpha value is -1.36. The number of nitrogens with zero attached hydrogens (tertiary/aromatic N) is 1. The number of aromatic nitrogens is 2. The van der Waals surface area contributed by atoms with E-state index in [1.54, 1.807) is 19.5 Å². The summed E-state index contributed by atoms with van der Waals surface area (Å²) in [5, 5.41) is 2.71. The molecule has 2 N–H and O–H groups in total. The van der Waals surface area contributed by atoms with Crippen LogP contribution in [-0.4, -0.2) is 29.6 Å². The normalized spacial score (nSPS) is 9.92. The van der Waals surface area contributed by atoms with Crippen molar-refractivity contribution in [2.75, 3.05) is 13.7 Å². The van der Waals surface area contributed by atoms with Crippen molar-refractivity contribution in [3.8, 4) is 0 Å². The average Bonchev–Trinajstić information content (AvgIpc) is 2.64. The largest absolute Gasteiger partial charge is 0.384 e. The number of nitrogens with one attached hydrogen (secondary N) is 2. The van der Waals surface area contributed by atoms with Gasteiger partial charge in [-0.2, -0.15) is 0 Å². The van der Waals surface area contributed by atoms with Gasteiger partial charge in [0.1, 0.15) is 5.82 Å². The van der Waals surface area contributed by atoms with E-state index in [1.807, 2.05) is 0 Å². The molecule has 0 saturated carbocycles. The Morgan fingerprint density at radius 2 is 2.62 bits per heavy atom. The number of ether oxygens (including phenoxy) is 1. The van der Waals surface area contributed by atoms with Crippen LogP contribution in [0.4, 0.5) is 0 Å². The summed E-state index contributed by atoms with van der Waals surface area (Å²) in [7, 11) is 1.57. The van der Waals surface area contributed by atoms with Crippen molar-refractivity contribution in [3.63, 3.8) is 0 Å². The molecule has 5 nitrogen and oxygen atoms in total. The standard InChI is InChI=1S/C8H13N3O2/c1-13-5-2-8(12)11-6-7-9-3-4-10-7/h3-4H,2,5-6H2,1H3,(H,9,10)(H,11,12). The summed E-state index contributed by atoms with van der Waals surface area (Å²) in [5.41, 5.74) is 0. The maximum absolute atomic E-state index is 11.1. The fraction of sp³-hybridized carbons (Fsp3) is 0.500. The molecule has 72 valence electrons. The van der Waals surface area contributed by atoms with Crippen LogP contribution < -0.4 is 5.32 Å². The molecule has 1 aromatic rings. The molecule has 0 aromatic carbocycles. The molecule has 1 rings (SSSR count). The fourth-order valence-corrected chi connectivity index (χ4v) is 0.860. The Labute approximate surface area is 76.5 Å². The molecule has 0 bridgehead atoms. The van der Waals surface area contributed by atoms with Crippen LogP contribution in [0.1, 0.15) is 12.2 Å². The molecular formula is C8H13N3O2.